The zero-order valence-electron chi connectivity index (χ0n) is 9.75. The van der Waals surface area contributed by atoms with Crippen molar-refractivity contribution in [1.29, 1.82) is 0 Å². The highest BCUT2D eigenvalue weighted by Gasteiger charge is 2.18. The van der Waals surface area contributed by atoms with Gasteiger partial charge in [-0.05, 0) is 35.6 Å². The lowest BCUT2D eigenvalue weighted by Gasteiger charge is -2.01. The van der Waals surface area contributed by atoms with Crippen LogP contribution >= 0.6 is 11.3 Å². The Labute approximate surface area is 108 Å². The minimum absolute atomic E-state index is 0.335. The molecule has 0 aliphatic heterocycles. The smallest absolute Gasteiger partial charge is 0.230 e. The normalized spacial score (nSPS) is 10.7. The number of aryl methyl sites for hydroxylation is 1. The summed E-state index contributed by atoms with van der Waals surface area (Å²) in [6.45, 7) is 2.05. The quantitative estimate of drug-likeness (QED) is 0.764. The van der Waals surface area contributed by atoms with E-state index in [1.54, 1.807) is 23.7 Å². The number of nitrogens with two attached hydrogens (primary N) is 1. The summed E-state index contributed by atoms with van der Waals surface area (Å²) in [5.41, 5.74) is 10.7. The fourth-order valence-corrected chi connectivity index (χ4v) is 2.72. The summed E-state index contributed by atoms with van der Waals surface area (Å²) in [5.74, 6) is 0.335. The van der Waals surface area contributed by atoms with Gasteiger partial charge in [0.15, 0.2) is 0 Å². The minimum atomic E-state index is 0.335. The van der Waals surface area contributed by atoms with Gasteiger partial charge in [-0.3, -0.25) is 4.98 Å². The third-order valence-corrected chi connectivity index (χ3v) is 3.66. The highest BCUT2D eigenvalue weighted by atomic mass is 32.1. The summed E-state index contributed by atoms with van der Waals surface area (Å²) in [7, 11) is 0. The van der Waals surface area contributed by atoms with Crippen LogP contribution in [0.5, 0.6) is 0 Å². The molecule has 5 heteroatoms. The number of nitrogen functional groups attached to an aromatic ring is 1. The monoisotopic (exact) mass is 257 g/mol. The maximum Gasteiger partial charge on any atom is 0.230 e. The van der Waals surface area contributed by atoms with E-state index in [-0.39, 0.29) is 0 Å². The van der Waals surface area contributed by atoms with E-state index >= 15 is 0 Å². The van der Waals surface area contributed by atoms with Gasteiger partial charge in [0.2, 0.25) is 5.88 Å². The molecule has 90 valence electrons. The first-order valence-electron chi connectivity index (χ1n) is 5.46. The molecule has 0 spiro atoms. The number of pyridine rings is 1. The van der Waals surface area contributed by atoms with E-state index < -0.39 is 0 Å². The first kappa shape index (κ1) is 11.0. The van der Waals surface area contributed by atoms with Gasteiger partial charge in [0, 0.05) is 23.3 Å². The fraction of sp³-hybridized carbons (Fsp3) is 0.0769. The average Bonchev–Trinajstić information content (AvgIpc) is 2.96. The molecule has 3 rings (SSSR count). The number of thiophene rings is 1. The summed E-state index contributed by atoms with van der Waals surface area (Å²) < 4.78 is 5.14. The lowest BCUT2D eigenvalue weighted by Crippen LogP contribution is -1.88. The Balaban J connectivity index is 2.22. The summed E-state index contributed by atoms with van der Waals surface area (Å²) in [6, 6.07) is 3.79. The van der Waals surface area contributed by atoms with Crippen molar-refractivity contribution in [2.45, 2.75) is 6.92 Å². The molecule has 0 aromatic carbocycles. The Kier molecular flexibility index (Phi) is 2.60. The number of aromatic nitrogens is 2. The molecule has 0 aliphatic rings. The van der Waals surface area contributed by atoms with Crippen molar-refractivity contribution in [3.8, 4) is 22.4 Å². The van der Waals surface area contributed by atoms with Crippen molar-refractivity contribution < 1.29 is 4.52 Å². The van der Waals surface area contributed by atoms with E-state index in [0.717, 1.165) is 22.4 Å². The van der Waals surface area contributed by atoms with Crippen LogP contribution in [0, 0.1) is 6.92 Å². The van der Waals surface area contributed by atoms with Gasteiger partial charge in [0.25, 0.3) is 0 Å². The molecule has 18 heavy (non-hydrogen) atoms. The summed E-state index contributed by atoms with van der Waals surface area (Å²) in [5, 5.41) is 8.21. The minimum Gasteiger partial charge on any atom is -0.367 e. The molecule has 2 N–H and O–H groups in total. The molecule has 4 nitrogen and oxygen atoms in total. The van der Waals surface area contributed by atoms with Crippen molar-refractivity contribution in [3.05, 3.63) is 40.8 Å². The number of hydrogen-bond donors (Lipinski definition) is 1. The van der Waals surface area contributed by atoms with Crippen molar-refractivity contribution in [2.75, 3.05) is 5.73 Å². The van der Waals surface area contributed by atoms with Crippen LogP contribution in [0.3, 0.4) is 0 Å². The SMILES string of the molecule is Cc1cscc1-c1noc(N)c1-c1ccncc1. The number of anilines is 1. The highest BCUT2D eigenvalue weighted by molar-refractivity contribution is 7.08. The van der Waals surface area contributed by atoms with E-state index in [1.165, 1.54) is 5.56 Å². The van der Waals surface area contributed by atoms with Crippen LogP contribution in [0.25, 0.3) is 22.4 Å². The molecule has 0 atom stereocenters. The van der Waals surface area contributed by atoms with Gasteiger partial charge in [0.05, 0.1) is 5.56 Å². The summed E-state index contributed by atoms with van der Waals surface area (Å²) in [4.78, 5) is 4.01. The predicted molar refractivity (Wildman–Crippen MR) is 72.2 cm³/mol. The van der Waals surface area contributed by atoms with Crippen LogP contribution in [0.15, 0.2) is 39.8 Å². The third kappa shape index (κ3) is 1.69. The largest absolute Gasteiger partial charge is 0.367 e. The summed E-state index contributed by atoms with van der Waals surface area (Å²) in [6.07, 6.45) is 3.46. The van der Waals surface area contributed by atoms with Crippen molar-refractivity contribution >= 4 is 17.2 Å². The maximum absolute atomic E-state index is 5.88. The second-order valence-electron chi connectivity index (χ2n) is 3.97. The molecular formula is C13H11N3OS. The van der Waals surface area contributed by atoms with Crippen LogP contribution in [-0.4, -0.2) is 10.1 Å². The second-order valence-corrected chi connectivity index (χ2v) is 4.72. The first-order valence-corrected chi connectivity index (χ1v) is 6.40. The van der Waals surface area contributed by atoms with Gasteiger partial charge in [-0.25, -0.2) is 0 Å². The van der Waals surface area contributed by atoms with Crippen LogP contribution in [0.2, 0.25) is 0 Å². The number of hydrogen-bond acceptors (Lipinski definition) is 5. The zero-order valence-corrected chi connectivity index (χ0v) is 10.6. The van der Waals surface area contributed by atoms with E-state index in [4.69, 9.17) is 10.3 Å². The lowest BCUT2D eigenvalue weighted by molar-refractivity contribution is 0.439. The number of rotatable bonds is 2. The third-order valence-electron chi connectivity index (χ3n) is 2.80. The molecule has 0 amide bonds. The second kappa shape index (κ2) is 4.27. The molecule has 0 saturated carbocycles. The van der Waals surface area contributed by atoms with Crippen LogP contribution in [0.4, 0.5) is 5.88 Å². The van der Waals surface area contributed by atoms with E-state index in [2.05, 4.69) is 20.9 Å². The average molecular weight is 257 g/mol. The van der Waals surface area contributed by atoms with Crippen LogP contribution in [0.1, 0.15) is 5.56 Å². The molecule has 3 aromatic rings. The van der Waals surface area contributed by atoms with Gasteiger partial charge in [0.1, 0.15) is 5.69 Å². The maximum atomic E-state index is 5.88. The molecule has 0 bridgehead atoms. The van der Waals surface area contributed by atoms with Gasteiger partial charge in [-0.2, -0.15) is 11.3 Å². The Bertz CT molecular complexity index is 673. The molecule has 0 aliphatic carbocycles. The molecule has 0 unspecified atom stereocenters. The molecule has 0 fully saturated rings. The Morgan fingerprint density at radius 2 is 2.00 bits per heavy atom. The van der Waals surface area contributed by atoms with Crippen LogP contribution in [-0.2, 0) is 0 Å². The Morgan fingerprint density at radius 3 is 2.67 bits per heavy atom. The van der Waals surface area contributed by atoms with Crippen LogP contribution < -0.4 is 5.73 Å². The van der Waals surface area contributed by atoms with E-state index in [9.17, 15) is 0 Å². The summed E-state index contributed by atoms with van der Waals surface area (Å²) >= 11 is 1.64. The molecule has 0 saturated heterocycles. The van der Waals surface area contributed by atoms with Gasteiger partial charge in [-0.15, -0.1) is 0 Å². The standard InChI is InChI=1S/C13H11N3OS/c1-8-6-18-7-10(8)12-11(13(14)17-16-12)9-2-4-15-5-3-9/h2-7H,14H2,1H3. The molecule has 3 aromatic heterocycles. The van der Waals surface area contributed by atoms with E-state index in [1.807, 2.05) is 19.1 Å². The van der Waals surface area contributed by atoms with Crippen molar-refractivity contribution in [3.63, 3.8) is 0 Å². The number of nitrogens with zero attached hydrogens (tertiary/aromatic N) is 2. The lowest BCUT2D eigenvalue weighted by atomic mass is 10.0. The van der Waals surface area contributed by atoms with Gasteiger partial charge in [-0.1, -0.05) is 5.16 Å². The zero-order chi connectivity index (χ0) is 12.5. The van der Waals surface area contributed by atoms with E-state index in [0.29, 0.717) is 5.88 Å². The first-order chi connectivity index (χ1) is 8.77. The Hall–Kier alpha value is -2.14. The van der Waals surface area contributed by atoms with Crippen molar-refractivity contribution in [2.24, 2.45) is 0 Å². The van der Waals surface area contributed by atoms with Gasteiger partial charge >= 0.3 is 0 Å². The Morgan fingerprint density at radius 1 is 1.22 bits per heavy atom. The molecule has 0 radical (unpaired) electrons. The highest BCUT2D eigenvalue weighted by Crippen LogP contribution is 2.38. The predicted octanol–water partition coefficient (Wildman–Crippen LogP) is 3.36. The topological polar surface area (TPSA) is 64.9 Å². The molecular weight excluding hydrogens is 246 g/mol. The fourth-order valence-electron chi connectivity index (χ4n) is 1.89. The van der Waals surface area contributed by atoms with Crippen molar-refractivity contribution in [1.82, 2.24) is 10.1 Å². The van der Waals surface area contributed by atoms with Gasteiger partial charge < -0.3 is 10.3 Å². The molecule has 3 heterocycles.